The number of hydrogen-bond acceptors (Lipinski definition) is 2. The monoisotopic (exact) mass is 217 g/mol. The van der Waals surface area contributed by atoms with E-state index in [9.17, 15) is 0 Å². The van der Waals surface area contributed by atoms with Crippen molar-refractivity contribution < 1.29 is 4.74 Å². The van der Waals surface area contributed by atoms with Gasteiger partial charge in [-0.15, -0.1) is 11.6 Å². The van der Waals surface area contributed by atoms with Gasteiger partial charge in [-0.3, -0.25) is 0 Å². The fourth-order valence-electron chi connectivity index (χ4n) is 2.52. The summed E-state index contributed by atoms with van der Waals surface area (Å²) in [6, 6.07) is 0. The van der Waals surface area contributed by atoms with Crippen LogP contribution in [-0.2, 0) is 4.74 Å². The fourth-order valence-corrected chi connectivity index (χ4v) is 2.77. The van der Waals surface area contributed by atoms with Crippen LogP contribution in [0.1, 0.15) is 25.7 Å². The summed E-state index contributed by atoms with van der Waals surface area (Å²) >= 11 is 5.90. The van der Waals surface area contributed by atoms with E-state index in [-0.39, 0.29) is 0 Å². The van der Waals surface area contributed by atoms with Crippen LogP contribution < -0.4 is 0 Å². The summed E-state index contributed by atoms with van der Waals surface area (Å²) in [5, 5.41) is 0. The third-order valence-corrected chi connectivity index (χ3v) is 3.74. The van der Waals surface area contributed by atoms with Gasteiger partial charge in [0, 0.05) is 25.6 Å². The minimum atomic E-state index is 0.504. The molecule has 0 spiro atoms. The molecule has 0 amide bonds. The molecule has 2 heterocycles. The molecular weight excluding hydrogens is 198 g/mol. The molecule has 2 unspecified atom stereocenters. The highest BCUT2D eigenvalue weighted by molar-refractivity contribution is 6.18. The number of piperidine rings is 1. The Balaban J connectivity index is 1.73. The van der Waals surface area contributed by atoms with Gasteiger partial charge in [-0.25, -0.2) is 0 Å². The summed E-state index contributed by atoms with van der Waals surface area (Å²) in [6.45, 7) is 4.53. The molecule has 14 heavy (non-hydrogen) atoms. The van der Waals surface area contributed by atoms with E-state index in [4.69, 9.17) is 16.3 Å². The van der Waals surface area contributed by atoms with Crippen LogP contribution in [0.3, 0.4) is 0 Å². The highest BCUT2D eigenvalue weighted by atomic mass is 35.5. The van der Waals surface area contributed by atoms with Gasteiger partial charge in [0.25, 0.3) is 0 Å². The van der Waals surface area contributed by atoms with Crippen molar-refractivity contribution in [3.8, 4) is 0 Å². The van der Waals surface area contributed by atoms with Crippen molar-refractivity contribution in [3.63, 3.8) is 0 Å². The van der Waals surface area contributed by atoms with Crippen LogP contribution in [0.25, 0.3) is 0 Å². The molecule has 0 aliphatic carbocycles. The second-order valence-corrected chi connectivity index (χ2v) is 4.87. The van der Waals surface area contributed by atoms with E-state index in [0.29, 0.717) is 12.0 Å². The smallest absolute Gasteiger partial charge is 0.0702 e. The maximum atomic E-state index is 5.90. The molecule has 2 aliphatic rings. The van der Waals surface area contributed by atoms with E-state index in [1.165, 1.54) is 38.8 Å². The zero-order valence-electron chi connectivity index (χ0n) is 8.75. The van der Waals surface area contributed by atoms with Gasteiger partial charge in [0.1, 0.15) is 0 Å². The van der Waals surface area contributed by atoms with Gasteiger partial charge in [-0.2, -0.15) is 0 Å². The second-order valence-electron chi connectivity index (χ2n) is 4.56. The summed E-state index contributed by atoms with van der Waals surface area (Å²) in [5.41, 5.74) is 0. The van der Waals surface area contributed by atoms with Gasteiger partial charge < -0.3 is 9.64 Å². The van der Waals surface area contributed by atoms with Gasteiger partial charge >= 0.3 is 0 Å². The highest BCUT2D eigenvalue weighted by Crippen LogP contribution is 2.20. The minimum Gasteiger partial charge on any atom is -0.377 e. The Labute approximate surface area is 91.6 Å². The normalized spacial score (nSPS) is 34.9. The molecule has 2 saturated heterocycles. The molecule has 0 aromatic carbocycles. The average Bonchev–Trinajstić information content (AvgIpc) is 2.71. The van der Waals surface area contributed by atoms with Crippen molar-refractivity contribution in [2.75, 3.05) is 32.1 Å². The Morgan fingerprint density at radius 2 is 2.21 bits per heavy atom. The maximum absolute atomic E-state index is 5.90. The quantitative estimate of drug-likeness (QED) is 0.672. The Bertz CT molecular complexity index is 171. The topological polar surface area (TPSA) is 12.5 Å². The molecule has 82 valence electrons. The number of rotatable bonds is 3. The van der Waals surface area contributed by atoms with E-state index in [1.54, 1.807) is 0 Å². The SMILES string of the molecule is ClCC1CCCN(CC2CCCO2)C1. The number of nitrogens with zero attached hydrogens (tertiary/aromatic N) is 1. The van der Waals surface area contributed by atoms with Crippen molar-refractivity contribution in [2.45, 2.75) is 31.8 Å². The number of likely N-dealkylation sites (tertiary alicyclic amines) is 1. The van der Waals surface area contributed by atoms with E-state index < -0.39 is 0 Å². The third kappa shape index (κ3) is 2.85. The molecule has 0 saturated carbocycles. The van der Waals surface area contributed by atoms with E-state index in [2.05, 4.69) is 4.90 Å². The predicted molar refractivity (Wildman–Crippen MR) is 58.9 cm³/mol. The first-order chi connectivity index (χ1) is 6.88. The summed E-state index contributed by atoms with van der Waals surface area (Å²) < 4.78 is 5.65. The molecule has 0 bridgehead atoms. The number of halogens is 1. The predicted octanol–water partition coefficient (Wildman–Crippen LogP) is 2.12. The summed E-state index contributed by atoms with van der Waals surface area (Å²) in [6.07, 6.45) is 5.62. The van der Waals surface area contributed by atoms with Crippen LogP contribution in [-0.4, -0.2) is 43.1 Å². The summed E-state index contributed by atoms with van der Waals surface area (Å²) in [5.74, 6) is 1.54. The van der Waals surface area contributed by atoms with Crippen molar-refractivity contribution in [2.24, 2.45) is 5.92 Å². The lowest BCUT2D eigenvalue weighted by atomic mass is 9.99. The second kappa shape index (κ2) is 5.34. The molecule has 0 aromatic heterocycles. The first-order valence-electron chi connectivity index (χ1n) is 5.78. The van der Waals surface area contributed by atoms with Crippen LogP contribution in [0, 0.1) is 5.92 Å². The van der Waals surface area contributed by atoms with Gasteiger partial charge in [-0.05, 0) is 38.1 Å². The van der Waals surface area contributed by atoms with Gasteiger partial charge in [0.15, 0.2) is 0 Å². The van der Waals surface area contributed by atoms with Gasteiger partial charge in [0.2, 0.25) is 0 Å². The lowest BCUT2D eigenvalue weighted by molar-refractivity contribution is 0.0588. The molecule has 2 atom stereocenters. The first-order valence-corrected chi connectivity index (χ1v) is 6.32. The standard InChI is InChI=1S/C11H20ClNO/c12-7-10-3-1-5-13(8-10)9-11-4-2-6-14-11/h10-11H,1-9H2. The molecule has 0 radical (unpaired) electrons. The van der Waals surface area contributed by atoms with Crippen LogP contribution in [0.15, 0.2) is 0 Å². The molecule has 2 rings (SSSR count). The van der Waals surface area contributed by atoms with Crippen molar-refractivity contribution >= 4 is 11.6 Å². The Hall–Kier alpha value is 0.210. The van der Waals surface area contributed by atoms with Crippen molar-refractivity contribution in [1.82, 2.24) is 4.90 Å². The number of hydrogen-bond donors (Lipinski definition) is 0. The summed E-state index contributed by atoms with van der Waals surface area (Å²) in [7, 11) is 0. The Kier molecular flexibility index (Phi) is 4.09. The van der Waals surface area contributed by atoms with Crippen molar-refractivity contribution in [3.05, 3.63) is 0 Å². The number of ether oxygens (including phenoxy) is 1. The van der Waals surface area contributed by atoms with E-state index in [0.717, 1.165) is 19.0 Å². The maximum Gasteiger partial charge on any atom is 0.0702 e. The lowest BCUT2D eigenvalue weighted by Crippen LogP contribution is -2.40. The molecule has 2 aliphatic heterocycles. The molecule has 2 nitrogen and oxygen atoms in total. The van der Waals surface area contributed by atoms with Crippen LogP contribution >= 0.6 is 11.6 Å². The zero-order valence-corrected chi connectivity index (χ0v) is 9.51. The van der Waals surface area contributed by atoms with Crippen LogP contribution in [0.2, 0.25) is 0 Å². The highest BCUT2D eigenvalue weighted by Gasteiger charge is 2.23. The largest absolute Gasteiger partial charge is 0.377 e. The number of alkyl halides is 1. The molecule has 3 heteroatoms. The van der Waals surface area contributed by atoms with E-state index >= 15 is 0 Å². The molecular formula is C11H20ClNO. The van der Waals surface area contributed by atoms with Gasteiger partial charge in [-0.1, -0.05) is 0 Å². The van der Waals surface area contributed by atoms with Crippen LogP contribution in [0.5, 0.6) is 0 Å². The third-order valence-electron chi connectivity index (χ3n) is 3.31. The minimum absolute atomic E-state index is 0.504. The first kappa shape index (κ1) is 10.7. The van der Waals surface area contributed by atoms with E-state index in [1.807, 2.05) is 0 Å². The Morgan fingerprint density at radius 3 is 2.93 bits per heavy atom. The van der Waals surface area contributed by atoms with Gasteiger partial charge in [0.05, 0.1) is 6.10 Å². The van der Waals surface area contributed by atoms with Crippen molar-refractivity contribution in [1.29, 1.82) is 0 Å². The molecule has 2 fully saturated rings. The molecule has 0 N–H and O–H groups in total. The Morgan fingerprint density at radius 1 is 1.29 bits per heavy atom. The fraction of sp³-hybridized carbons (Fsp3) is 1.00. The average molecular weight is 218 g/mol. The lowest BCUT2D eigenvalue weighted by Gasteiger charge is -2.33. The molecule has 0 aromatic rings. The zero-order chi connectivity index (χ0) is 9.80. The van der Waals surface area contributed by atoms with Crippen LogP contribution in [0.4, 0.5) is 0 Å². The summed E-state index contributed by atoms with van der Waals surface area (Å²) in [4.78, 5) is 2.53.